The molecule has 0 radical (unpaired) electrons. The number of thiophene rings is 1. The SMILES string of the molecule is Cc1ccc(C=CC(=O)N2C3CCC2CC(O)C3)s1. The Morgan fingerprint density at radius 1 is 1.37 bits per heavy atom. The van der Waals surface area contributed by atoms with E-state index >= 15 is 0 Å². The summed E-state index contributed by atoms with van der Waals surface area (Å²) in [6.45, 7) is 2.07. The van der Waals surface area contributed by atoms with Crippen LogP contribution in [-0.2, 0) is 4.79 Å². The van der Waals surface area contributed by atoms with Crippen molar-refractivity contribution in [2.75, 3.05) is 0 Å². The monoisotopic (exact) mass is 277 g/mol. The van der Waals surface area contributed by atoms with Crippen LogP contribution >= 0.6 is 11.3 Å². The molecule has 1 aromatic rings. The summed E-state index contributed by atoms with van der Waals surface area (Å²) in [4.78, 5) is 16.7. The first-order valence-electron chi connectivity index (χ1n) is 6.88. The number of hydrogen-bond acceptors (Lipinski definition) is 3. The zero-order valence-corrected chi connectivity index (χ0v) is 11.9. The summed E-state index contributed by atoms with van der Waals surface area (Å²) in [7, 11) is 0. The third kappa shape index (κ3) is 2.60. The molecule has 0 saturated carbocycles. The van der Waals surface area contributed by atoms with Crippen molar-refractivity contribution in [3.8, 4) is 0 Å². The van der Waals surface area contributed by atoms with Crippen LogP contribution in [0.15, 0.2) is 18.2 Å². The molecule has 1 N–H and O–H groups in total. The van der Waals surface area contributed by atoms with Crippen LogP contribution in [0.1, 0.15) is 35.4 Å². The van der Waals surface area contributed by atoms with E-state index in [1.54, 1.807) is 17.4 Å². The highest BCUT2D eigenvalue weighted by Gasteiger charge is 2.41. The Morgan fingerprint density at radius 3 is 2.63 bits per heavy atom. The molecule has 3 rings (SSSR count). The van der Waals surface area contributed by atoms with Crippen molar-refractivity contribution in [1.82, 2.24) is 4.90 Å². The van der Waals surface area contributed by atoms with Gasteiger partial charge in [-0.2, -0.15) is 0 Å². The zero-order chi connectivity index (χ0) is 13.4. The van der Waals surface area contributed by atoms with Crippen LogP contribution < -0.4 is 0 Å². The number of rotatable bonds is 2. The summed E-state index contributed by atoms with van der Waals surface area (Å²) in [5.74, 6) is 0.102. The van der Waals surface area contributed by atoms with E-state index < -0.39 is 0 Å². The number of carbonyl (C=O) groups excluding carboxylic acids is 1. The van der Waals surface area contributed by atoms with E-state index in [9.17, 15) is 9.90 Å². The van der Waals surface area contributed by atoms with Crippen molar-refractivity contribution in [1.29, 1.82) is 0 Å². The van der Waals surface area contributed by atoms with E-state index in [2.05, 4.69) is 13.0 Å². The van der Waals surface area contributed by atoms with Crippen molar-refractivity contribution in [3.63, 3.8) is 0 Å². The molecule has 2 aliphatic rings. The summed E-state index contributed by atoms with van der Waals surface area (Å²) in [5, 5.41) is 9.75. The quantitative estimate of drug-likeness (QED) is 0.844. The molecule has 1 aromatic heterocycles. The first-order chi connectivity index (χ1) is 9.13. The molecule has 2 saturated heterocycles. The molecule has 19 heavy (non-hydrogen) atoms. The number of carbonyl (C=O) groups is 1. The Morgan fingerprint density at radius 2 is 2.05 bits per heavy atom. The first kappa shape index (κ1) is 12.9. The molecule has 2 bridgehead atoms. The van der Waals surface area contributed by atoms with Crippen molar-refractivity contribution in [3.05, 3.63) is 28.0 Å². The van der Waals surface area contributed by atoms with E-state index in [0.717, 1.165) is 30.6 Å². The predicted molar refractivity (Wildman–Crippen MR) is 77.0 cm³/mol. The molecule has 2 atom stereocenters. The average Bonchev–Trinajstić information content (AvgIpc) is 2.89. The molecule has 4 heteroatoms. The second-order valence-electron chi connectivity index (χ2n) is 5.54. The van der Waals surface area contributed by atoms with Gasteiger partial charge in [0.15, 0.2) is 0 Å². The van der Waals surface area contributed by atoms with E-state index in [4.69, 9.17) is 0 Å². The highest BCUT2D eigenvalue weighted by atomic mass is 32.1. The Bertz CT molecular complexity index is 494. The molecule has 2 fully saturated rings. The van der Waals surface area contributed by atoms with Crippen molar-refractivity contribution in [2.45, 2.75) is 50.8 Å². The van der Waals surface area contributed by atoms with Gasteiger partial charge in [-0.25, -0.2) is 0 Å². The van der Waals surface area contributed by atoms with Gasteiger partial charge in [0, 0.05) is 27.9 Å². The number of nitrogens with zero attached hydrogens (tertiary/aromatic N) is 1. The van der Waals surface area contributed by atoms with Crippen molar-refractivity contribution < 1.29 is 9.90 Å². The molecular formula is C15H19NO2S. The normalized spacial score (nSPS) is 30.2. The van der Waals surface area contributed by atoms with Gasteiger partial charge in [-0.3, -0.25) is 4.79 Å². The second-order valence-corrected chi connectivity index (χ2v) is 6.86. The molecule has 0 spiro atoms. The molecule has 2 unspecified atom stereocenters. The largest absolute Gasteiger partial charge is 0.393 e. The van der Waals surface area contributed by atoms with E-state index in [1.165, 1.54) is 4.88 Å². The van der Waals surface area contributed by atoms with Crippen LogP contribution in [0.4, 0.5) is 0 Å². The summed E-state index contributed by atoms with van der Waals surface area (Å²) in [6.07, 6.45) is 6.95. The summed E-state index contributed by atoms with van der Waals surface area (Å²) < 4.78 is 0. The highest BCUT2D eigenvalue weighted by Crippen LogP contribution is 2.35. The van der Waals surface area contributed by atoms with Crippen LogP contribution in [0, 0.1) is 6.92 Å². The summed E-state index contributed by atoms with van der Waals surface area (Å²) in [5.41, 5.74) is 0. The van der Waals surface area contributed by atoms with Crippen molar-refractivity contribution >= 4 is 23.3 Å². The topological polar surface area (TPSA) is 40.5 Å². The number of aliphatic hydroxyl groups is 1. The minimum absolute atomic E-state index is 0.102. The third-order valence-corrected chi connectivity index (χ3v) is 5.08. The van der Waals surface area contributed by atoms with Gasteiger partial charge in [0.25, 0.3) is 0 Å². The Kier molecular flexibility index (Phi) is 3.46. The van der Waals surface area contributed by atoms with Crippen LogP contribution in [-0.4, -0.2) is 34.1 Å². The Balaban J connectivity index is 1.69. The standard InChI is InChI=1S/C15H19NO2S/c1-10-2-5-14(19-10)6-7-15(18)16-11-3-4-12(16)9-13(17)8-11/h2,5-7,11-13,17H,3-4,8-9H2,1H3. The zero-order valence-electron chi connectivity index (χ0n) is 11.1. The minimum Gasteiger partial charge on any atom is -0.393 e. The summed E-state index contributed by atoms with van der Waals surface area (Å²) >= 11 is 1.70. The number of amides is 1. The second kappa shape index (κ2) is 5.10. The summed E-state index contributed by atoms with van der Waals surface area (Å²) in [6, 6.07) is 4.60. The number of aliphatic hydroxyl groups excluding tert-OH is 1. The van der Waals surface area contributed by atoms with Gasteiger partial charge in [0.05, 0.1) is 6.10 Å². The number of hydrogen-bond donors (Lipinski definition) is 1. The van der Waals surface area contributed by atoms with Crippen LogP contribution in [0.2, 0.25) is 0 Å². The fraction of sp³-hybridized carbons (Fsp3) is 0.533. The molecule has 0 aliphatic carbocycles. The van der Waals surface area contributed by atoms with Crippen LogP contribution in [0.25, 0.3) is 6.08 Å². The van der Waals surface area contributed by atoms with Crippen LogP contribution in [0.5, 0.6) is 0 Å². The maximum atomic E-state index is 12.3. The average molecular weight is 277 g/mol. The molecule has 3 heterocycles. The first-order valence-corrected chi connectivity index (χ1v) is 7.70. The van der Waals surface area contributed by atoms with Crippen LogP contribution in [0.3, 0.4) is 0 Å². The number of aryl methyl sites for hydroxylation is 1. The smallest absolute Gasteiger partial charge is 0.247 e. The lowest BCUT2D eigenvalue weighted by Gasteiger charge is -2.36. The third-order valence-electron chi connectivity index (χ3n) is 4.11. The van der Waals surface area contributed by atoms with E-state index in [1.807, 2.05) is 17.0 Å². The Labute approximate surface area is 117 Å². The molecule has 2 aliphatic heterocycles. The lowest BCUT2D eigenvalue weighted by molar-refractivity contribution is -0.131. The van der Waals surface area contributed by atoms with Gasteiger partial charge in [-0.05, 0) is 50.8 Å². The Hall–Kier alpha value is -1.13. The van der Waals surface area contributed by atoms with Gasteiger partial charge >= 0.3 is 0 Å². The maximum absolute atomic E-state index is 12.3. The maximum Gasteiger partial charge on any atom is 0.247 e. The van der Waals surface area contributed by atoms with Gasteiger partial charge in [-0.1, -0.05) is 0 Å². The fourth-order valence-electron chi connectivity index (χ4n) is 3.29. The molecule has 102 valence electrons. The fourth-order valence-corrected chi connectivity index (χ4v) is 4.07. The van der Waals surface area contributed by atoms with Gasteiger partial charge < -0.3 is 10.0 Å². The van der Waals surface area contributed by atoms with E-state index in [0.29, 0.717) is 0 Å². The van der Waals surface area contributed by atoms with Gasteiger partial charge in [0.1, 0.15) is 0 Å². The molecular weight excluding hydrogens is 258 g/mol. The lowest BCUT2D eigenvalue weighted by Crippen LogP contribution is -2.47. The lowest BCUT2D eigenvalue weighted by atomic mass is 10.00. The van der Waals surface area contributed by atoms with Gasteiger partial charge in [0.2, 0.25) is 5.91 Å². The molecule has 0 aromatic carbocycles. The minimum atomic E-state index is -0.217. The number of piperidine rings is 1. The number of fused-ring (bicyclic) bond motifs is 2. The van der Waals surface area contributed by atoms with Gasteiger partial charge in [-0.15, -0.1) is 11.3 Å². The molecule has 3 nitrogen and oxygen atoms in total. The predicted octanol–water partition coefficient (Wildman–Crippen LogP) is 2.58. The van der Waals surface area contributed by atoms with E-state index in [-0.39, 0.29) is 24.1 Å². The molecule has 1 amide bonds. The van der Waals surface area contributed by atoms with Crippen molar-refractivity contribution in [2.24, 2.45) is 0 Å². The highest BCUT2D eigenvalue weighted by molar-refractivity contribution is 7.12.